The van der Waals surface area contributed by atoms with Crippen LogP contribution < -0.4 is 11.1 Å². The molecule has 1 amide bonds. The molecular weight excluding hydrogens is 196 g/mol. The van der Waals surface area contributed by atoms with E-state index in [9.17, 15) is 9.90 Å². The summed E-state index contributed by atoms with van der Waals surface area (Å²) < 4.78 is 0. The van der Waals surface area contributed by atoms with Crippen LogP contribution in [-0.4, -0.2) is 28.8 Å². The molecule has 0 aliphatic heterocycles. The van der Waals surface area contributed by atoms with E-state index < -0.39 is 5.91 Å². The Balaban J connectivity index is 2.86. The molecule has 0 saturated heterocycles. The minimum absolute atomic E-state index is 0.0222. The van der Waals surface area contributed by atoms with E-state index in [1.54, 1.807) is 6.92 Å². The monoisotopic (exact) mass is 210 g/mol. The summed E-state index contributed by atoms with van der Waals surface area (Å²) in [7, 11) is 0. The van der Waals surface area contributed by atoms with Crippen LogP contribution in [0.2, 0.25) is 0 Å². The Labute approximate surface area is 87.5 Å². The number of amides is 1. The predicted molar refractivity (Wildman–Crippen MR) is 56.5 cm³/mol. The van der Waals surface area contributed by atoms with Gasteiger partial charge in [0.2, 0.25) is 0 Å². The average molecular weight is 210 g/mol. The second-order valence-electron chi connectivity index (χ2n) is 3.33. The second kappa shape index (κ2) is 4.65. The number of nitrogens with two attached hydrogens (primary N) is 1. The molecule has 1 aromatic carbocycles. The molecular formula is C10H14N2O3. The molecule has 0 bridgehead atoms. The van der Waals surface area contributed by atoms with E-state index in [0.29, 0.717) is 0 Å². The molecule has 1 atom stereocenters. The SMILES string of the molecule is C[C@H](CO)NC(=O)c1cc(O)ccc1N. The largest absolute Gasteiger partial charge is 0.508 e. The molecule has 0 saturated carbocycles. The van der Waals surface area contributed by atoms with Crippen LogP contribution in [0, 0.1) is 0 Å². The van der Waals surface area contributed by atoms with Crippen LogP contribution in [0.5, 0.6) is 5.75 Å². The molecule has 1 aromatic rings. The van der Waals surface area contributed by atoms with Crippen LogP contribution in [0.15, 0.2) is 18.2 Å². The van der Waals surface area contributed by atoms with Crippen LogP contribution in [0.3, 0.4) is 0 Å². The van der Waals surface area contributed by atoms with Crippen LogP contribution in [0.4, 0.5) is 5.69 Å². The molecule has 5 N–H and O–H groups in total. The quantitative estimate of drug-likeness (QED) is 0.420. The number of hydrogen-bond donors (Lipinski definition) is 4. The lowest BCUT2D eigenvalue weighted by Crippen LogP contribution is -2.35. The zero-order valence-corrected chi connectivity index (χ0v) is 8.40. The van der Waals surface area contributed by atoms with Gasteiger partial charge in [-0.05, 0) is 25.1 Å². The summed E-state index contributed by atoms with van der Waals surface area (Å²) in [5.74, 6) is -0.434. The molecule has 0 spiro atoms. The molecule has 0 aliphatic rings. The maximum absolute atomic E-state index is 11.6. The first-order chi connectivity index (χ1) is 7.04. The fraction of sp³-hybridized carbons (Fsp3) is 0.300. The summed E-state index contributed by atoms with van der Waals surface area (Å²) in [4.78, 5) is 11.6. The Kier molecular flexibility index (Phi) is 3.51. The first-order valence-electron chi connectivity index (χ1n) is 4.54. The molecule has 1 rings (SSSR count). The third kappa shape index (κ3) is 2.85. The Hall–Kier alpha value is -1.75. The van der Waals surface area contributed by atoms with Gasteiger partial charge in [0.05, 0.1) is 12.2 Å². The highest BCUT2D eigenvalue weighted by molar-refractivity contribution is 5.99. The number of rotatable bonds is 3. The van der Waals surface area contributed by atoms with E-state index in [-0.39, 0.29) is 29.6 Å². The normalized spacial score (nSPS) is 12.1. The van der Waals surface area contributed by atoms with E-state index in [1.165, 1.54) is 18.2 Å². The number of anilines is 1. The van der Waals surface area contributed by atoms with Crippen molar-refractivity contribution in [3.8, 4) is 5.75 Å². The molecule has 15 heavy (non-hydrogen) atoms. The molecule has 0 fully saturated rings. The van der Waals surface area contributed by atoms with Crippen LogP contribution in [0.25, 0.3) is 0 Å². The molecule has 82 valence electrons. The fourth-order valence-corrected chi connectivity index (χ4v) is 1.09. The lowest BCUT2D eigenvalue weighted by molar-refractivity contribution is 0.0923. The van der Waals surface area contributed by atoms with Gasteiger partial charge in [-0.3, -0.25) is 4.79 Å². The minimum atomic E-state index is -0.412. The van der Waals surface area contributed by atoms with Gasteiger partial charge in [0, 0.05) is 11.7 Å². The van der Waals surface area contributed by atoms with Gasteiger partial charge in [-0.1, -0.05) is 0 Å². The lowest BCUT2D eigenvalue weighted by Gasteiger charge is -2.12. The Bertz CT molecular complexity index is 366. The first-order valence-corrected chi connectivity index (χ1v) is 4.54. The van der Waals surface area contributed by atoms with Gasteiger partial charge in [-0.25, -0.2) is 0 Å². The van der Waals surface area contributed by atoms with Crippen molar-refractivity contribution in [2.75, 3.05) is 12.3 Å². The average Bonchev–Trinajstić information content (AvgIpc) is 2.21. The number of nitrogen functional groups attached to an aromatic ring is 1. The third-order valence-electron chi connectivity index (χ3n) is 1.93. The van der Waals surface area contributed by atoms with Crippen LogP contribution in [0.1, 0.15) is 17.3 Å². The topological polar surface area (TPSA) is 95.6 Å². The Morgan fingerprint density at radius 2 is 2.27 bits per heavy atom. The van der Waals surface area contributed by atoms with Crippen molar-refractivity contribution in [3.05, 3.63) is 23.8 Å². The zero-order valence-electron chi connectivity index (χ0n) is 8.40. The number of aliphatic hydroxyl groups is 1. The van der Waals surface area contributed by atoms with E-state index in [0.717, 1.165) is 0 Å². The number of hydrogen-bond acceptors (Lipinski definition) is 4. The van der Waals surface area contributed by atoms with Crippen molar-refractivity contribution >= 4 is 11.6 Å². The third-order valence-corrected chi connectivity index (χ3v) is 1.93. The molecule has 0 aliphatic carbocycles. The van der Waals surface area contributed by atoms with Crippen molar-refractivity contribution in [2.24, 2.45) is 0 Å². The first kappa shape index (κ1) is 11.3. The molecule has 0 unspecified atom stereocenters. The van der Waals surface area contributed by atoms with Crippen molar-refractivity contribution in [3.63, 3.8) is 0 Å². The van der Waals surface area contributed by atoms with Crippen molar-refractivity contribution in [1.82, 2.24) is 5.32 Å². The maximum Gasteiger partial charge on any atom is 0.253 e. The Morgan fingerprint density at radius 3 is 2.87 bits per heavy atom. The van der Waals surface area contributed by atoms with Gasteiger partial charge >= 0.3 is 0 Å². The van der Waals surface area contributed by atoms with Crippen LogP contribution >= 0.6 is 0 Å². The van der Waals surface area contributed by atoms with Crippen molar-refractivity contribution < 1.29 is 15.0 Å². The highest BCUT2D eigenvalue weighted by Gasteiger charge is 2.12. The highest BCUT2D eigenvalue weighted by Crippen LogP contribution is 2.18. The molecule has 0 radical (unpaired) electrons. The zero-order chi connectivity index (χ0) is 11.4. The molecule has 0 aromatic heterocycles. The van der Waals surface area contributed by atoms with Crippen molar-refractivity contribution in [2.45, 2.75) is 13.0 Å². The number of phenols is 1. The Morgan fingerprint density at radius 1 is 1.60 bits per heavy atom. The number of carbonyl (C=O) groups is 1. The van der Waals surface area contributed by atoms with Gasteiger partial charge in [0.1, 0.15) is 5.75 Å². The molecule has 0 heterocycles. The lowest BCUT2D eigenvalue weighted by atomic mass is 10.1. The van der Waals surface area contributed by atoms with E-state index in [4.69, 9.17) is 10.8 Å². The molecule has 5 nitrogen and oxygen atoms in total. The number of carbonyl (C=O) groups excluding carboxylic acids is 1. The predicted octanol–water partition coefficient (Wildman–Crippen LogP) is 0.0850. The number of phenolic OH excluding ortho intramolecular Hbond substituents is 1. The van der Waals surface area contributed by atoms with Gasteiger partial charge in [0.25, 0.3) is 5.91 Å². The summed E-state index contributed by atoms with van der Waals surface area (Å²) >= 11 is 0. The highest BCUT2D eigenvalue weighted by atomic mass is 16.3. The smallest absolute Gasteiger partial charge is 0.253 e. The summed E-state index contributed by atoms with van der Waals surface area (Å²) in [6, 6.07) is 3.80. The van der Waals surface area contributed by atoms with Gasteiger partial charge in [-0.2, -0.15) is 0 Å². The van der Waals surface area contributed by atoms with E-state index in [1.807, 2.05) is 0 Å². The van der Waals surface area contributed by atoms with E-state index >= 15 is 0 Å². The number of aliphatic hydroxyl groups excluding tert-OH is 1. The second-order valence-corrected chi connectivity index (χ2v) is 3.33. The summed E-state index contributed by atoms with van der Waals surface area (Å²) in [6.45, 7) is 1.52. The maximum atomic E-state index is 11.6. The number of aromatic hydroxyl groups is 1. The summed E-state index contributed by atoms with van der Waals surface area (Å²) in [5.41, 5.74) is 6.06. The fourth-order valence-electron chi connectivity index (χ4n) is 1.09. The summed E-state index contributed by atoms with van der Waals surface area (Å²) in [5, 5.41) is 20.5. The number of benzene rings is 1. The van der Waals surface area contributed by atoms with Crippen molar-refractivity contribution in [1.29, 1.82) is 0 Å². The minimum Gasteiger partial charge on any atom is -0.508 e. The molecule has 5 heteroatoms. The van der Waals surface area contributed by atoms with Gasteiger partial charge in [-0.15, -0.1) is 0 Å². The van der Waals surface area contributed by atoms with Gasteiger partial charge < -0.3 is 21.3 Å². The van der Waals surface area contributed by atoms with E-state index in [2.05, 4.69) is 5.32 Å². The standard InChI is InChI=1S/C10H14N2O3/c1-6(5-13)12-10(15)8-4-7(14)2-3-9(8)11/h2-4,6,13-14H,5,11H2,1H3,(H,12,15)/t6-/m1/s1. The summed E-state index contributed by atoms with van der Waals surface area (Å²) in [6.07, 6.45) is 0. The van der Waals surface area contributed by atoms with Crippen LogP contribution in [-0.2, 0) is 0 Å². The van der Waals surface area contributed by atoms with Gasteiger partial charge in [0.15, 0.2) is 0 Å². The number of nitrogens with one attached hydrogen (secondary N) is 1.